The van der Waals surface area contributed by atoms with Crippen molar-refractivity contribution < 1.29 is 19.0 Å². The first-order valence-electron chi connectivity index (χ1n) is 8.99. The fourth-order valence-electron chi connectivity index (χ4n) is 2.42. The summed E-state index contributed by atoms with van der Waals surface area (Å²) in [7, 11) is 0. The van der Waals surface area contributed by atoms with Crippen molar-refractivity contribution in [3.63, 3.8) is 0 Å². The van der Waals surface area contributed by atoms with Gasteiger partial charge in [-0.25, -0.2) is 4.79 Å². The second-order valence-electron chi connectivity index (χ2n) is 5.82. The van der Waals surface area contributed by atoms with Crippen LogP contribution in [-0.4, -0.2) is 17.6 Å². The molecule has 0 saturated heterocycles. The van der Waals surface area contributed by atoms with Crippen molar-refractivity contribution >= 4 is 12.0 Å². The van der Waals surface area contributed by atoms with E-state index >= 15 is 0 Å². The molecule has 0 radical (unpaired) electrons. The second kappa shape index (κ2) is 9.92. The van der Waals surface area contributed by atoms with E-state index in [1.165, 1.54) is 6.08 Å². The minimum Gasteiger partial charge on any atom is -0.487 e. The summed E-state index contributed by atoms with van der Waals surface area (Å²) < 4.78 is 16.6. The molecule has 0 aliphatic rings. The van der Waals surface area contributed by atoms with Crippen molar-refractivity contribution in [3.8, 4) is 17.2 Å². The van der Waals surface area contributed by atoms with Gasteiger partial charge in [0, 0.05) is 11.6 Å². The van der Waals surface area contributed by atoms with Crippen molar-refractivity contribution in [2.75, 3.05) is 6.61 Å². The number of carbonyl (C=O) groups is 1. The van der Waals surface area contributed by atoms with Crippen LogP contribution in [0.5, 0.6) is 17.2 Å². The van der Waals surface area contributed by atoms with Gasteiger partial charge < -0.3 is 14.2 Å². The van der Waals surface area contributed by atoms with E-state index in [4.69, 9.17) is 14.2 Å². The first kappa shape index (κ1) is 19.2. The van der Waals surface area contributed by atoms with Crippen LogP contribution in [0.4, 0.5) is 0 Å². The number of nitrogens with zero attached hydrogens (tertiary/aromatic N) is 1. The third-order valence-corrected chi connectivity index (χ3v) is 3.77. The van der Waals surface area contributed by atoms with E-state index < -0.39 is 0 Å². The lowest BCUT2D eigenvalue weighted by Crippen LogP contribution is -1.99. The Morgan fingerprint density at radius 3 is 2.50 bits per heavy atom. The van der Waals surface area contributed by atoms with Gasteiger partial charge in [-0.2, -0.15) is 0 Å². The normalized spacial score (nSPS) is 10.6. The van der Waals surface area contributed by atoms with Gasteiger partial charge >= 0.3 is 5.97 Å². The van der Waals surface area contributed by atoms with Crippen LogP contribution < -0.4 is 9.47 Å². The highest BCUT2D eigenvalue weighted by atomic mass is 16.5. The third-order valence-electron chi connectivity index (χ3n) is 3.77. The number of aromatic nitrogens is 1. The lowest BCUT2D eigenvalue weighted by Gasteiger charge is -2.12. The lowest BCUT2D eigenvalue weighted by atomic mass is 10.2. The van der Waals surface area contributed by atoms with Gasteiger partial charge in [0.25, 0.3) is 0 Å². The Morgan fingerprint density at radius 1 is 0.964 bits per heavy atom. The molecule has 5 heteroatoms. The van der Waals surface area contributed by atoms with E-state index in [2.05, 4.69) is 4.98 Å². The monoisotopic (exact) mass is 375 g/mol. The highest BCUT2D eigenvalue weighted by molar-refractivity contribution is 5.86. The average molecular weight is 375 g/mol. The van der Waals surface area contributed by atoms with Gasteiger partial charge in [0.15, 0.2) is 0 Å². The van der Waals surface area contributed by atoms with Gasteiger partial charge in [-0.15, -0.1) is 0 Å². The molecule has 0 N–H and O–H groups in total. The van der Waals surface area contributed by atoms with Crippen LogP contribution in [0.1, 0.15) is 18.2 Å². The van der Waals surface area contributed by atoms with Gasteiger partial charge in [0.05, 0.1) is 18.5 Å². The molecule has 28 heavy (non-hydrogen) atoms. The van der Waals surface area contributed by atoms with Crippen LogP contribution in [0.15, 0.2) is 79.0 Å². The average Bonchev–Trinajstić information content (AvgIpc) is 2.73. The largest absolute Gasteiger partial charge is 0.487 e. The van der Waals surface area contributed by atoms with Gasteiger partial charge in [0.1, 0.15) is 23.9 Å². The second-order valence-corrected chi connectivity index (χ2v) is 5.82. The fraction of sp³-hybridized carbons (Fsp3) is 0.130. The molecule has 0 atom stereocenters. The van der Waals surface area contributed by atoms with Crippen molar-refractivity contribution in [3.05, 3.63) is 90.3 Å². The summed E-state index contributed by atoms with van der Waals surface area (Å²) in [6, 6.07) is 20.9. The summed E-state index contributed by atoms with van der Waals surface area (Å²) in [5.74, 6) is 1.76. The zero-order valence-corrected chi connectivity index (χ0v) is 15.6. The van der Waals surface area contributed by atoms with E-state index in [0.29, 0.717) is 24.7 Å². The van der Waals surface area contributed by atoms with Gasteiger partial charge in [-0.05, 0) is 43.3 Å². The molecule has 1 heterocycles. The number of pyridine rings is 1. The van der Waals surface area contributed by atoms with Gasteiger partial charge in [0.2, 0.25) is 0 Å². The quantitative estimate of drug-likeness (QED) is 0.408. The van der Waals surface area contributed by atoms with Crippen LogP contribution in [0, 0.1) is 0 Å². The zero-order chi connectivity index (χ0) is 19.6. The molecule has 0 unspecified atom stereocenters. The Labute approximate surface area is 164 Å². The molecule has 0 fully saturated rings. The molecule has 1 aromatic heterocycles. The number of benzene rings is 2. The highest BCUT2D eigenvalue weighted by Gasteiger charge is 2.06. The summed E-state index contributed by atoms with van der Waals surface area (Å²) in [6.07, 6.45) is 4.57. The predicted molar refractivity (Wildman–Crippen MR) is 107 cm³/mol. The summed E-state index contributed by atoms with van der Waals surface area (Å²) in [4.78, 5) is 15.6. The van der Waals surface area contributed by atoms with Crippen molar-refractivity contribution in [2.45, 2.75) is 13.5 Å². The van der Waals surface area contributed by atoms with Crippen LogP contribution >= 0.6 is 0 Å². The van der Waals surface area contributed by atoms with Gasteiger partial charge in [-0.3, -0.25) is 4.98 Å². The standard InChI is InChI=1S/C23H21NO4/c1-2-26-23(25)15-13-19-12-14-21(16-24-19)27-17-18-8-6-7-11-22(18)28-20-9-4-3-5-10-20/h3-16H,2,17H2,1H3. The minimum absolute atomic E-state index is 0.346. The molecule has 3 rings (SSSR count). The Morgan fingerprint density at radius 2 is 1.75 bits per heavy atom. The SMILES string of the molecule is CCOC(=O)C=Cc1ccc(OCc2ccccc2Oc2ccccc2)cn1. The number of esters is 1. The van der Waals surface area contributed by atoms with Crippen LogP contribution in [0.2, 0.25) is 0 Å². The predicted octanol–water partition coefficient (Wildman–Crippen LogP) is 5.03. The first-order valence-corrected chi connectivity index (χ1v) is 8.99. The summed E-state index contributed by atoms with van der Waals surface area (Å²) in [5.41, 5.74) is 1.57. The van der Waals surface area contributed by atoms with Gasteiger partial charge in [-0.1, -0.05) is 36.4 Å². The lowest BCUT2D eigenvalue weighted by molar-refractivity contribution is -0.137. The molecule has 2 aromatic carbocycles. The number of carbonyl (C=O) groups excluding carboxylic acids is 1. The number of rotatable bonds is 8. The van der Waals surface area contributed by atoms with Crippen molar-refractivity contribution in [1.29, 1.82) is 0 Å². The number of hydrogen-bond acceptors (Lipinski definition) is 5. The topological polar surface area (TPSA) is 57.7 Å². The highest BCUT2D eigenvalue weighted by Crippen LogP contribution is 2.26. The molecule has 3 aromatic rings. The Hall–Kier alpha value is -3.60. The van der Waals surface area contributed by atoms with E-state index in [-0.39, 0.29) is 5.97 Å². The number of ether oxygens (including phenoxy) is 3. The molecular weight excluding hydrogens is 354 g/mol. The molecule has 0 bridgehead atoms. The van der Waals surface area contributed by atoms with Crippen molar-refractivity contribution in [2.24, 2.45) is 0 Å². The molecule has 0 saturated carbocycles. The van der Waals surface area contributed by atoms with Crippen LogP contribution in [0.25, 0.3) is 6.08 Å². The molecule has 142 valence electrons. The van der Waals surface area contributed by atoms with Crippen molar-refractivity contribution in [1.82, 2.24) is 4.98 Å². The van der Waals surface area contributed by atoms with Crippen LogP contribution in [0.3, 0.4) is 0 Å². The smallest absolute Gasteiger partial charge is 0.330 e. The molecule has 5 nitrogen and oxygen atoms in total. The fourth-order valence-corrected chi connectivity index (χ4v) is 2.42. The Bertz CT molecular complexity index is 921. The summed E-state index contributed by atoms with van der Waals surface area (Å²) in [5, 5.41) is 0. The van der Waals surface area contributed by atoms with E-state index in [1.54, 1.807) is 31.3 Å². The van der Waals surface area contributed by atoms with E-state index in [9.17, 15) is 4.79 Å². The number of para-hydroxylation sites is 2. The molecular formula is C23H21NO4. The molecule has 0 spiro atoms. The molecule has 0 amide bonds. The van der Waals surface area contributed by atoms with Crippen LogP contribution in [-0.2, 0) is 16.1 Å². The Balaban J connectivity index is 1.61. The third kappa shape index (κ3) is 5.71. The maximum atomic E-state index is 11.3. The Kier molecular flexibility index (Phi) is 6.79. The zero-order valence-electron chi connectivity index (χ0n) is 15.6. The summed E-state index contributed by atoms with van der Waals surface area (Å²) >= 11 is 0. The molecule has 0 aliphatic heterocycles. The molecule has 0 aliphatic carbocycles. The minimum atomic E-state index is -0.389. The van der Waals surface area contributed by atoms with E-state index in [1.807, 2.05) is 54.6 Å². The first-order chi connectivity index (χ1) is 13.7. The van der Waals surface area contributed by atoms with E-state index in [0.717, 1.165) is 17.1 Å². The number of hydrogen-bond donors (Lipinski definition) is 0. The summed E-state index contributed by atoms with van der Waals surface area (Å²) in [6.45, 7) is 2.46. The maximum Gasteiger partial charge on any atom is 0.330 e. The maximum absolute atomic E-state index is 11.3.